The van der Waals surface area contributed by atoms with Crippen molar-refractivity contribution in [2.45, 2.75) is 39.4 Å². The standard InChI is InChI=1S/C16H26FNO2/c1-5-18-12-15(13-7-6-8-14(17)11-13)19-9-10-20-16(2,3)4/h6-8,11,15,18H,5,9-10,12H2,1-4H3. The van der Waals surface area contributed by atoms with Crippen LogP contribution < -0.4 is 5.32 Å². The van der Waals surface area contributed by atoms with Gasteiger partial charge in [0.1, 0.15) is 5.82 Å². The van der Waals surface area contributed by atoms with E-state index in [9.17, 15) is 4.39 Å². The van der Waals surface area contributed by atoms with Crippen molar-refractivity contribution >= 4 is 0 Å². The molecule has 114 valence electrons. The maximum atomic E-state index is 13.3. The second-order valence-electron chi connectivity index (χ2n) is 5.68. The molecule has 0 saturated heterocycles. The molecule has 0 amide bonds. The van der Waals surface area contributed by atoms with Crippen molar-refractivity contribution in [3.05, 3.63) is 35.6 Å². The summed E-state index contributed by atoms with van der Waals surface area (Å²) in [5.74, 6) is -0.237. The Hall–Kier alpha value is -0.970. The summed E-state index contributed by atoms with van der Waals surface area (Å²) in [6, 6.07) is 6.55. The number of ether oxygens (including phenoxy) is 2. The van der Waals surface area contributed by atoms with Gasteiger partial charge in [-0.3, -0.25) is 0 Å². The quantitative estimate of drug-likeness (QED) is 0.743. The fourth-order valence-corrected chi connectivity index (χ4v) is 1.79. The molecule has 1 aromatic rings. The minimum Gasteiger partial charge on any atom is -0.373 e. The van der Waals surface area contributed by atoms with Gasteiger partial charge in [0.05, 0.1) is 24.9 Å². The zero-order valence-corrected chi connectivity index (χ0v) is 12.9. The van der Waals surface area contributed by atoms with Crippen LogP contribution in [-0.4, -0.2) is 31.9 Å². The van der Waals surface area contributed by atoms with Gasteiger partial charge in [0.25, 0.3) is 0 Å². The lowest BCUT2D eigenvalue weighted by atomic mass is 10.1. The number of hydrogen-bond donors (Lipinski definition) is 1. The maximum Gasteiger partial charge on any atom is 0.123 e. The van der Waals surface area contributed by atoms with Gasteiger partial charge in [-0.1, -0.05) is 19.1 Å². The van der Waals surface area contributed by atoms with Gasteiger partial charge in [-0.15, -0.1) is 0 Å². The van der Waals surface area contributed by atoms with Crippen LogP contribution in [0.5, 0.6) is 0 Å². The van der Waals surface area contributed by atoms with Crippen LogP contribution in [0.1, 0.15) is 39.4 Å². The zero-order chi connectivity index (χ0) is 15.0. The number of likely N-dealkylation sites (N-methyl/N-ethyl adjacent to an activating group) is 1. The summed E-state index contributed by atoms with van der Waals surface area (Å²) in [4.78, 5) is 0. The molecule has 1 atom stereocenters. The first-order valence-electron chi connectivity index (χ1n) is 7.14. The summed E-state index contributed by atoms with van der Waals surface area (Å²) in [6.07, 6.45) is -0.158. The Bertz CT molecular complexity index is 390. The van der Waals surface area contributed by atoms with Crippen molar-refractivity contribution in [2.24, 2.45) is 0 Å². The van der Waals surface area contributed by atoms with Crippen LogP contribution in [0.15, 0.2) is 24.3 Å². The smallest absolute Gasteiger partial charge is 0.123 e. The number of hydrogen-bond acceptors (Lipinski definition) is 3. The third-order valence-corrected chi connectivity index (χ3v) is 2.74. The average Bonchev–Trinajstić information content (AvgIpc) is 2.36. The first-order chi connectivity index (χ1) is 9.42. The second-order valence-corrected chi connectivity index (χ2v) is 5.68. The minimum atomic E-state index is -0.237. The number of benzene rings is 1. The van der Waals surface area contributed by atoms with Crippen LogP contribution in [0.3, 0.4) is 0 Å². The zero-order valence-electron chi connectivity index (χ0n) is 12.9. The molecule has 0 saturated carbocycles. The van der Waals surface area contributed by atoms with Gasteiger partial charge in [-0.25, -0.2) is 4.39 Å². The number of halogens is 1. The van der Waals surface area contributed by atoms with Crippen molar-refractivity contribution < 1.29 is 13.9 Å². The van der Waals surface area contributed by atoms with Crippen LogP contribution in [0.25, 0.3) is 0 Å². The number of nitrogens with one attached hydrogen (secondary N) is 1. The van der Waals surface area contributed by atoms with Crippen molar-refractivity contribution in [1.29, 1.82) is 0 Å². The SMILES string of the molecule is CCNCC(OCCOC(C)(C)C)c1cccc(F)c1. The highest BCUT2D eigenvalue weighted by Crippen LogP contribution is 2.18. The molecular formula is C16H26FNO2. The van der Waals surface area contributed by atoms with E-state index in [-0.39, 0.29) is 17.5 Å². The van der Waals surface area contributed by atoms with E-state index in [1.54, 1.807) is 6.07 Å². The predicted molar refractivity (Wildman–Crippen MR) is 79.3 cm³/mol. The molecular weight excluding hydrogens is 257 g/mol. The summed E-state index contributed by atoms with van der Waals surface area (Å²) in [5, 5.41) is 3.24. The third kappa shape index (κ3) is 6.98. The van der Waals surface area contributed by atoms with Crippen LogP contribution in [-0.2, 0) is 9.47 Å². The Morgan fingerprint density at radius 3 is 2.60 bits per heavy atom. The Kier molecular flexibility index (Phi) is 7.13. The van der Waals surface area contributed by atoms with Crippen molar-refractivity contribution in [3.8, 4) is 0 Å². The Morgan fingerprint density at radius 1 is 1.25 bits per heavy atom. The molecule has 0 fully saturated rings. The first kappa shape index (κ1) is 17.1. The lowest BCUT2D eigenvalue weighted by Crippen LogP contribution is -2.26. The summed E-state index contributed by atoms with van der Waals surface area (Å²) in [7, 11) is 0. The second kappa shape index (κ2) is 8.35. The molecule has 20 heavy (non-hydrogen) atoms. The summed E-state index contributed by atoms with van der Waals surface area (Å²) >= 11 is 0. The molecule has 3 nitrogen and oxygen atoms in total. The lowest BCUT2D eigenvalue weighted by Gasteiger charge is -2.22. The van der Waals surface area contributed by atoms with Gasteiger partial charge in [0.15, 0.2) is 0 Å². The van der Waals surface area contributed by atoms with Crippen LogP contribution in [0.4, 0.5) is 4.39 Å². The molecule has 0 spiro atoms. The highest BCUT2D eigenvalue weighted by Gasteiger charge is 2.14. The summed E-state index contributed by atoms with van der Waals surface area (Å²) in [6.45, 7) is 10.6. The average molecular weight is 283 g/mol. The first-order valence-corrected chi connectivity index (χ1v) is 7.14. The van der Waals surface area contributed by atoms with E-state index >= 15 is 0 Å². The molecule has 0 aliphatic heterocycles. The largest absolute Gasteiger partial charge is 0.373 e. The maximum absolute atomic E-state index is 13.3. The van der Waals surface area contributed by atoms with E-state index in [4.69, 9.17) is 9.47 Å². The fourth-order valence-electron chi connectivity index (χ4n) is 1.79. The highest BCUT2D eigenvalue weighted by atomic mass is 19.1. The van der Waals surface area contributed by atoms with Crippen LogP contribution in [0.2, 0.25) is 0 Å². The van der Waals surface area contributed by atoms with Gasteiger partial charge < -0.3 is 14.8 Å². The fraction of sp³-hybridized carbons (Fsp3) is 0.625. The molecule has 0 aromatic heterocycles. The van der Waals surface area contributed by atoms with Gasteiger partial charge in [-0.2, -0.15) is 0 Å². The normalized spacial score (nSPS) is 13.4. The van der Waals surface area contributed by atoms with E-state index in [0.29, 0.717) is 19.8 Å². The van der Waals surface area contributed by atoms with Crippen LogP contribution in [0, 0.1) is 5.82 Å². The molecule has 1 rings (SSSR count). The Morgan fingerprint density at radius 2 is 2.00 bits per heavy atom. The summed E-state index contributed by atoms with van der Waals surface area (Å²) in [5.41, 5.74) is 0.682. The van der Waals surface area contributed by atoms with E-state index in [2.05, 4.69) is 5.32 Å². The topological polar surface area (TPSA) is 30.5 Å². The van der Waals surface area contributed by atoms with Crippen molar-refractivity contribution in [2.75, 3.05) is 26.3 Å². The van der Waals surface area contributed by atoms with Crippen LogP contribution >= 0.6 is 0 Å². The van der Waals surface area contributed by atoms with E-state index in [0.717, 1.165) is 12.1 Å². The lowest BCUT2D eigenvalue weighted by molar-refractivity contribution is -0.0518. The van der Waals surface area contributed by atoms with Gasteiger partial charge in [-0.05, 0) is 45.0 Å². The molecule has 1 N–H and O–H groups in total. The molecule has 0 heterocycles. The van der Waals surface area contributed by atoms with E-state index in [1.807, 2.05) is 33.8 Å². The molecule has 0 bridgehead atoms. The third-order valence-electron chi connectivity index (χ3n) is 2.74. The van der Waals surface area contributed by atoms with E-state index in [1.165, 1.54) is 12.1 Å². The molecule has 0 aliphatic rings. The van der Waals surface area contributed by atoms with Crippen molar-refractivity contribution in [1.82, 2.24) is 5.32 Å². The molecule has 1 unspecified atom stereocenters. The molecule has 0 aliphatic carbocycles. The van der Waals surface area contributed by atoms with Gasteiger partial charge in [0.2, 0.25) is 0 Å². The Labute approximate surface area is 121 Å². The summed E-state index contributed by atoms with van der Waals surface area (Å²) < 4.78 is 24.7. The minimum absolute atomic E-state index is 0.158. The van der Waals surface area contributed by atoms with Gasteiger partial charge in [0, 0.05) is 6.54 Å². The molecule has 0 radical (unpaired) electrons. The predicted octanol–water partition coefficient (Wildman–Crippen LogP) is 3.31. The highest BCUT2D eigenvalue weighted by molar-refractivity contribution is 5.19. The molecule has 4 heteroatoms. The molecule has 1 aromatic carbocycles. The monoisotopic (exact) mass is 283 g/mol. The van der Waals surface area contributed by atoms with E-state index < -0.39 is 0 Å². The van der Waals surface area contributed by atoms with Crippen molar-refractivity contribution in [3.63, 3.8) is 0 Å². The van der Waals surface area contributed by atoms with Gasteiger partial charge >= 0.3 is 0 Å². The Balaban J connectivity index is 2.52. The number of rotatable bonds is 8.